The van der Waals surface area contributed by atoms with Crippen molar-refractivity contribution < 1.29 is 9.53 Å². The molecule has 2 heterocycles. The summed E-state index contributed by atoms with van der Waals surface area (Å²) < 4.78 is 9.07. The van der Waals surface area contributed by atoms with Gasteiger partial charge < -0.3 is 9.30 Å². The summed E-state index contributed by atoms with van der Waals surface area (Å²) in [6, 6.07) is 6.11. The first-order valence-electron chi connectivity index (χ1n) is 6.73. The summed E-state index contributed by atoms with van der Waals surface area (Å²) >= 11 is 3.39. The molecule has 0 spiro atoms. The average molecular weight is 333 g/mol. The molecule has 2 aromatic rings. The van der Waals surface area contributed by atoms with Crippen molar-refractivity contribution in [3.05, 3.63) is 46.5 Å². The third-order valence-corrected chi connectivity index (χ3v) is 4.34. The number of halogens is 1. The summed E-state index contributed by atoms with van der Waals surface area (Å²) in [4.78, 5) is 16.5. The quantitative estimate of drug-likeness (QED) is 0.842. The second-order valence-electron chi connectivity index (χ2n) is 5.33. The number of Topliss-reactive ketones (excluding diaryl/α,β-unsaturated/α-hetero) is 1. The first-order valence-corrected chi connectivity index (χ1v) is 7.53. The van der Waals surface area contributed by atoms with Gasteiger partial charge in [0, 0.05) is 10.5 Å². The van der Waals surface area contributed by atoms with E-state index in [1.54, 1.807) is 0 Å². The molecule has 4 nitrogen and oxygen atoms in total. The molecule has 1 aromatic heterocycles. The molecule has 0 amide bonds. The number of ether oxygens (including phenoxy) is 1. The van der Waals surface area contributed by atoms with Crippen LogP contribution in [0.4, 0.5) is 0 Å². The molecule has 0 saturated heterocycles. The molecule has 0 bridgehead atoms. The van der Waals surface area contributed by atoms with E-state index < -0.39 is 0 Å². The van der Waals surface area contributed by atoms with E-state index in [1.165, 1.54) is 12.8 Å². The SMILES string of the molecule is O=C1CC(c2cncn2C2CC2)Oc2ccc(Br)cc21. The van der Waals surface area contributed by atoms with Gasteiger partial charge in [0.2, 0.25) is 0 Å². The first kappa shape index (κ1) is 12.1. The second kappa shape index (κ2) is 4.45. The van der Waals surface area contributed by atoms with Crippen LogP contribution >= 0.6 is 15.9 Å². The maximum Gasteiger partial charge on any atom is 0.170 e. The molecule has 1 aliphatic heterocycles. The number of nitrogens with zero attached hydrogens (tertiary/aromatic N) is 2. The zero-order valence-corrected chi connectivity index (χ0v) is 12.3. The van der Waals surface area contributed by atoms with Crippen LogP contribution in [0.15, 0.2) is 35.2 Å². The fourth-order valence-electron chi connectivity index (χ4n) is 2.68. The number of ketones is 1. The van der Waals surface area contributed by atoms with Gasteiger partial charge in [-0.3, -0.25) is 4.79 Å². The molecule has 5 heteroatoms. The number of rotatable bonds is 2. The molecule has 1 aliphatic carbocycles. The van der Waals surface area contributed by atoms with E-state index in [4.69, 9.17) is 4.74 Å². The minimum absolute atomic E-state index is 0.126. The Balaban J connectivity index is 1.70. The molecule has 0 radical (unpaired) electrons. The smallest absolute Gasteiger partial charge is 0.170 e. The van der Waals surface area contributed by atoms with Crippen molar-refractivity contribution in [2.45, 2.75) is 31.4 Å². The molecule has 0 N–H and O–H groups in total. The Morgan fingerprint density at radius 2 is 2.20 bits per heavy atom. The highest BCUT2D eigenvalue weighted by molar-refractivity contribution is 9.10. The third-order valence-electron chi connectivity index (χ3n) is 3.85. The van der Waals surface area contributed by atoms with Crippen LogP contribution in [-0.4, -0.2) is 15.3 Å². The lowest BCUT2D eigenvalue weighted by Gasteiger charge is -2.26. The van der Waals surface area contributed by atoms with E-state index >= 15 is 0 Å². The molecule has 1 atom stereocenters. The van der Waals surface area contributed by atoms with Gasteiger partial charge in [-0.2, -0.15) is 0 Å². The Morgan fingerprint density at radius 1 is 1.35 bits per heavy atom. The van der Waals surface area contributed by atoms with Crippen molar-refractivity contribution in [1.82, 2.24) is 9.55 Å². The van der Waals surface area contributed by atoms with Crippen molar-refractivity contribution in [1.29, 1.82) is 0 Å². The number of carbonyl (C=O) groups is 1. The van der Waals surface area contributed by atoms with Gasteiger partial charge in [0.1, 0.15) is 11.9 Å². The lowest BCUT2D eigenvalue weighted by Crippen LogP contribution is -2.22. The molecule has 1 fully saturated rings. The van der Waals surface area contributed by atoms with Crippen LogP contribution in [-0.2, 0) is 0 Å². The first-order chi connectivity index (χ1) is 9.72. The molecule has 4 rings (SSSR count). The molecule has 2 aliphatic rings. The number of fused-ring (bicyclic) bond motifs is 1. The highest BCUT2D eigenvalue weighted by Crippen LogP contribution is 2.40. The summed E-state index contributed by atoms with van der Waals surface area (Å²) in [7, 11) is 0. The number of hydrogen-bond acceptors (Lipinski definition) is 3. The van der Waals surface area contributed by atoms with Crippen molar-refractivity contribution in [3.8, 4) is 5.75 Å². The highest BCUT2D eigenvalue weighted by Gasteiger charge is 2.33. The minimum Gasteiger partial charge on any atom is -0.483 e. The summed E-state index contributed by atoms with van der Waals surface area (Å²) in [6.45, 7) is 0. The van der Waals surface area contributed by atoms with E-state index in [-0.39, 0.29) is 11.9 Å². The Bertz CT molecular complexity index is 691. The molecular formula is C15H13BrN2O2. The number of carbonyl (C=O) groups excluding carboxylic acids is 1. The summed E-state index contributed by atoms with van der Waals surface area (Å²) in [6.07, 6.45) is 6.19. The maximum atomic E-state index is 12.3. The highest BCUT2D eigenvalue weighted by atomic mass is 79.9. The largest absolute Gasteiger partial charge is 0.483 e. The molecule has 102 valence electrons. The average Bonchev–Trinajstić information content (AvgIpc) is 3.17. The number of benzene rings is 1. The molecule has 1 aromatic carbocycles. The van der Waals surface area contributed by atoms with E-state index in [0.29, 0.717) is 23.8 Å². The van der Waals surface area contributed by atoms with Crippen molar-refractivity contribution in [2.24, 2.45) is 0 Å². The van der Waals surface area contributed by atoms with Crippen molar-refractivity contribution in [3.63, 3.8) is 0 Å². The van der Waals surface area contributed by atoms with E-state index in [9.17, 15) is 4.79 Å². The number of hydrogen-bond donors (Lipinski definition) is 0. The molecular weight excluding hydrogens is 320 g/mol. The van der Waals surface area contributed by atoms with Crippen LogP contribution in [0.3, 0.4) is 0 Å². The Labute approximate surface area is 124 Å². The number of aromatic nitrogens is 2. The van der Waals surface area contributed by atoms with Gasteiger partial charge in [-0.1, -0.05) is 15.9 Å². The standard InChI is InChI=1S/C15H13BrN2O2/c16-9-1-4-14-11(5-9)13(19)6-15(20-14)12-7-17-8-18(12)10-2-3-10/h1,4-5,7-8,10,15H,2-3,6H2. The van der Waals surface area contributed by atoms with E-state index in [1.807, 2.05) is 30.7 Å². The predicted octanol–water partition coefficient (Wildman–Crippen LogP) is 3.69. The lowest BCUT2D eigenvalue weighted by molar-refractivity contribution is 0.0839. The van der Waals surface area contributed by atoms with Gasteiger partial charge in [0.15, 0.2) is 5.78 Å². The Kier molecular flexibility index (Phi) is 2.70. The molecule has 20 heavy (non-hydrogen) atoms. The van der Waals surface area contributed by atoms with Gasteiger partial charge in [-0.05, 0) is 31.0 Å². The zero-order chi connectivity index (χ0) is 13.7. The van der Waals surface area contributed by atoms with Crippen molar-refractivity contribution >= 4 is 21.7 Å². The second-order valence-corrected chi connectivity index (χ2v) is 6.25. The van der Waals surface area contributed by atoms with Gasteiger partial charge in [0.05, 0.1) is 30.2 Å². The van der Waals surface area contributed by atoms with Crippen LogP contribution in [0.2, 0.25) is 0 Å². The van der Waals surface area contributed by atoms with Crippen LogP contribution in [0.5, 0.6) is 5.75 Å². The summed E-state index contributed by atoms with van der Waals surface area (Å²) in [5.41, 5.74) is 1.67. The number of imidazole rings is 1. The summed E-state index contributed by atoms with van der Waals surface area (Å²) in [5.74, 6) is 0.791. The minimum atomic E-state index is -0.223. The van der Waals surface area contributed by atoms with Crippen molar-refractivity contribution in [2.75, 3.05) is 0 Å². The molecule has 1 unspecified atom stereocenters. The third kappa shape index (κ3) is 1.97. The Morgan fingerprint density at radius 3 is 3.00 bits per heavy atom. The van der Waals surface area contributed by atoms with Crippen LogP contribution < -0.4 is 4.74 Å². The van der Waals surface area contributed by atoms with Gasteiger partial charge in [-0.15, -0.1) is 0 Å². The lowest BCUT2D eigenvalue weighted by atomic mass is 9.99. The van der Waals surface area contributed by atoms with E-state index in [0.717, 1.165) is 10.2 Å². The Hall–Kier alpha value is -1.62. The topological polar surface area (TPSA) is 44.1 Å². The maximum absolute atomic E-state index is 12.3. The van der Waals surface area contributed by atoms with Crippen LogP contribution in [0.1, 0.15) is 47.5 Å². The van der Waals surface area contributed by atoms with Crippen LogP contribution in [0, 0.1) is 0 Å². The summed E-state index contributed by atoms with van der Waals surface area (Å²) in [5, 5.41) is 0. The fraction of sp³-hybridized carbons (Fsp3) is 0.333. The van der Waals surface area contributed by atoms with E-state index in [2.05, 4.69) is 25.5 Å². The fourth-order valence-corrected chi connectivity index (χ4v) is 3.04. The predicted molar refractivity (Wildman–Crippen MR) is 77.0 cm³/mol. The molecule has 1 saturated carbocycles. The van der Waals surface area contributed by atoms with Gasteiger partial charge in [0.25, 0.3) is 0 Å². The monoisotopic (exact) mass is 332 g/mol. The zero-order valence-electron chi connectivity index (χ0n) is 10.8. The van der Waals surface area contributed by atoms with Gasteiger partial charge >= 0.3 is 0 Å². The van der Waals surface area contributed by atoms with Crippen LogP contribution in [0.25, 0.3) is 0 Å². The normalized spacial score (nSPS) is 21.4. The van der Waals surface area contributed by atoms with Gasteiger partial charge in [-0.25, -0.2) is 4.98 Å².